The molecule has 0 radical (unpaired) electrons. The van der Waals surface area contributed by atoms with E-state index in [1.807, 2.05) is 0 Å². The van der Waals surface area contributed by atoms with Crippen molar-refractivity contribution in [3.63, 3.8) is 0 Å². The number of fused-ring (bicyclic) bond motifs is 2. The highest BCUT2D eigenvalue weighted by atomic mass is 19.1. The number of hydrogen-bond donors (Lipinski definition) is 0. The fourth-order valence-corrected chi connectivity index (χ4v) is 5.44. The van der Waals surface area contributed by atoms with Crippen LogP contribution in [0.15, 0.2) is 41.7 Å². The lowest BCUT2D eigenvalue weighted by Crippen LogP contribution is -1.99. The van der Waals surface area contributed by atoms with Crippen LogP contribution in [0.1, 0.15) is 38.9 Å². The normalized spacial score (nSPS) is 14.7. The molecule has 216 valence electrons. The number of halogens is 5. The number of allylic oxidation sites excluding steroid dienone is 7. The minimum atomic E-state index is -1.40. The molecule has 2 aliphatic carbocycles. The summed E-state index contributed by atoms with van der Waals surface area (Å²) in [6.45, 7) is 30.0. The molecule has 47 heavy (non-hydrogen) atoms. The lowest BCUT2D eigenvalue weighted by molar-refractivity contribution is 0.594. The number of nitriles is 4. The molecule has 3 aromatic rings. The van der Waals surface area contributed by atoms with E-state index in [0.29, 0.717) is 24.3 Å². The van der Waals surface area contributed by atoms with Crippen molar-refractivity contribution in [3.05, 3.63) is 155 Å². The van der Waals surface area contributed by atoms with E-state index in [1.54, 1.807) is 18.2 Å². The summed E-state index contributed by atoms with van der Waals surface area (Å²) in [5.41, 5.74) is -10.4. The molecule has 2 aliphatic rings. The highest BCUT2D eigenvalue weighted by molar-refractivity contribution is 6.29. The molecule has 0 bridgehead atoms. The maximum absolute atomic E-state index is 16.9. The molecule has 5 rings (SSSR count). The second kappa shape index (κ2) is 11.4. The maximum Gasteiger partial charge on any atom is 0.270 e. The third-order valence-electron chi connectivity index (χ3n) is 7.28. The lowest BCUT2D eigenvalue weighted by atomic mass is 9.90. The van der Waals surface area contributed by atoms with E-state index in [9.17, 15) is 24.6 Å². The lowest BCUT2D eigenvalue weighted by Gasteiger charge is -2.14. The van der Waals surface area contributed by atoms with Gasteiger partial charge in [0.15, 0.2) is 0 Å². The third-order valence-corrected chi connectivity index (χ3v) is 7.28. The molecule has 0 atom stereocenters. The van der Waals surface area contributed by atoms with Gasteiger partial charge in [-0.05, 0) is 52.6 Å². The molecule has 8 nitrogen and oxygen atoms in total. The van der Waals surface area contributed by atoms with Gasteiger partial charge in [0.1, 0.15) is 41.2 Å². The van der Waals surface area contributed by atoms with Gasteiger partial charge in [0.05, 0.1) is 49.6 Å². The van der Waals surface area contributed by atoms with Crippen molar-refractivity contribution in [3.8, 4) is 24.3 Å². The van der Waals surface area contributed by atoms with Crippen molar-refractivity contribution >= 4 is 39.2 Å². The van der Waals surface area contributed by atoms with Gasteiger partial charge in [-0.2, -0.15) is 10.5 Å². The molecule has 0 spiro atoms. The Morgan fingerprint density at radius 2 is 1.13 bits per heavy atom. The van der Waals surface area contributed by atoms with Gasteiger partial charge in [-0.15, -0.1) is 0 Å². The van der Waals surface area contributed by atoms with Crippen molar-refractivity contribution < 1.29 is 22.0 Å². The zero-order chi connectivity index (χ0) is 34.3. The molecule has 0 fully saturated rings. The van der Waals surface area contributed by atoms with Gasteiger partial charge >= 0.3 is 0 Å². The first kappa shape index (κ1) is 30.6. The van der Waals surface area contributed by atoms with Crippen LogP contribution in [0.4, 0.5) is 27.6 Å². The summed E-state index contributed by atoms with van der Waals surface area (Å²) in [4.78, 5) is 12.4. The predicted molar refractivity (Wildman–Crippen MR) is 154 cm³/mol. The van der Waals surface area contributed by atoms with Gasteiger partial charge in [-0.1, -0.05) is 0 Å². The SMILES string of the molecule is [C-]#[N+]C1=C(c2cc(F)c([N+]#[C-])cc2F)/C(=C(/C#N)[N+]#[C-])c2cc3c(c(F)c21)C(C#N)=C(c1cc(F)c(C#N)cc1F)/C3=C(\C#N)[N+]#[C-]. The molecule has 0 aliphatic heterocycles. The Kier molecular flexibility index (Phi) is 7.41. The van der Waals surface area contributed by atoms with Crippen LogP contribution in [0, 0.1) is 101 Å². The van der Waals surface area contributed by atoms with Crippen LogP contribution in [-0.4, -0.2) is 0 Å². The minimum Gasteiger partial charge on any atom is -0.237 e. The fraction of sp³-hybridized carbons (Fsp3) is 0. The molecule has 3 aromatic carbocycles. The molecule has 0 saturated heterocycles. The zero-order valence-electron chi connectivity index (χ0n) is 22.9. The summed E-state index contributed by atoms with van der Waals surface area (Å²) in [5.74, 6) is -6.40. The van der Waals surface area contributed by atoms with E-state index < -0.39 is 119 Å². The van der Waals surface area contributed by atoms with Crippen molar-refractivity contribution in [2.24, 2.45) is 0 Å². The Balaban J connectivity index is 2.02. The van der Waals surface area contributed by atoms with Gasteiger partial charge in [0, 0.05) is 33.4 Å². The highest BCUT2D eigenvalue weighted by Gasteiger charge is 2.41. The molecular weight excluding hydrogens is 615 g/mol. The Labute approximate surface area is 261 Å². The quantitative estimate of drug-likeness (QED) is 0.163. The van der Waals surface area contributed by atoms with Gasteiger partial charge in [0.2, 0.25) is 11.4 Å². The molecule has 0 heterocycles. The number of hydrogen-bond acceptors (Lipinski definition) is 4. The monoisotopic (exact) mass is 620 g/mol. The summed E-state index contributed by atoms with van der Waals surface area (Å²) >= 11 is 0. The topological polar surface area (TPSA) is 113 Å². The molecular formula is C34H5F5N8. The second-order valence-electron chi connectivity index (χ2n) is 9.45. The van der Waals surface area contributed by atoms with E-state index in [4.69, 9.17) is 31.6 Å². The summed E-state index contributed by atoms with van der Waals surface area (Å²) in [7, 11) is 0. The summed E-state index contributed by atoms with van der Waals surface area (Å²) in [6, 6.07) is 9.32. The minimum absolute atomic E-state index is 0.423. The first-order chi connectivity index (χ1) is 22.6. The van der Waals surface area contributed by atoms with Crippen LogP contribution in [0.5, 0.6) is 0 Å². The summed E-state index contributed by atoms with van der Waals surface area (Å²) in [6.07, 6.45) is 0. The van der Waals surface area contributed by atoms with Crippen LogP contribution in [0.25, 0.3) is 52.9 Å². The van der Waals surface area contributed by atoms with Crippen LogP contribution in [-0.2, 0) is 0 Å². The summed E-state index contributed by atoms with van der Waals surface area (Å²) in [5, 5.41) is 39.0. The molecule has 13 heteroatoms. The number of rotatable bonds is 2. The third kappa shape index (κ3) is 4.27. The van der Waals surface area contributed by atoms with Crippen molar-refractivity contribution in [1.29, 1.82) is 21.0 Å². The smallest absolute Gasteiger partial charge is 0.237 e. The van der Waals surface area contributed by atoms with Gasteiger partial charge in [-0.25, -0.2) is 51.9 Å². The molecule has 0 unspecified atom stereocenters. The first-order valence-electron chi connectivity index (χ1n) is 12.5. The van der Waals surface area contributed by atoms with E-state index in [2.05, 4.69) is 19.4 Å². The van der Waals surface area contributed by atoms with E-state index in [-0.39, 0.29) is 0 Å². The highest BCUT2D eigenvalue weighted by Crippen LogP contribution is 2.57. The standard InChI is InChI=1S/C34H5F5N8/c1-44-24-9-22(37)16(8-23(24)38)31-30(26(13-43)46-3)18-6-17-28(33(39)32(18)34(31)47-4)19(11-41)27(29(17)25(12-42)45-2)15-7-20(35)14(10-40)5-21(15)36/h5-9H/b29-25+,30-26-. The van der Waals surface area contributed by atoms with Crippen molar-refractivity contribution in [1.82, 2.24) is 0 Å². The Bertz CT molecular complexity index is 2340. The number of nitrogens with zero attached hydrogens (tertiary/aromatic N) is 8. The van der Waals surface area contributed by atoms with E-state index in [1.165, 1.54) is 6.07 Å². The van der Waals surface area contributed by atoms with Crippen LogP contribution >= 0.6 is 0 Å². The molecule has 0 N–H and O–H groups in total. The van der Waals surface area contributed by atoms with E-state index >= 15 is 13.2 Å². The first-order valence-corrected chi connectivity index (χ1v) is 12.5. The maximum atomic E-state index is 16.9. The van der Waals surface area contributed by atoms with Crippen LogP contribution < -0.4 is 0 Å². The van der Waals surface area contributed by atoms with Gasteiger partial charge < -0.3 is 0 Å². The summed E-state index contributed by atoms with van der Waals surface area (Å²) < 4.78 is 77.1. The second-order valence-corrected chi connectivity index (χ2v) is 9.45. The van der Waals surface area contributed by atoms with Crippen molar-refractivity contribution in [2.75, 3.05) is 0 Å². The van der Waals surface area contributed by atoms with Gasteiger partial charge in [-0.3, -0.25) is 0 Å². The molecule has 0 amide bonds. The largest absolute Gasteiger partial charge is 0.270 e. The Morgan fingerprint density at radius 1 is 0.574 bits per heavy atom. The fourth-order valence-electron chi connectivity index (χ4n) is 5.44. The van der Waals surface area contributed by atoms with E-state index in [0.717, 1.165) is 6.07 Å². The predicted octanol–water partition coefficient (Wildman–Crippen LogP) is 8.36. The molecule has 0 aromatic heterocycles. The Hall–Kier alpha value is -7.81. The molecule has 0 saturated carbocycles. The zero-order valence-corrected chi connectivity index (χ0v) is 22.9. The van der Waals surface area contributed by atoms with Crippen molar-refractivity contribution in [2.45, 2.75) is 0 Å². The van der Waals surface area contributed by atoms with Crippen LogP contribution in [0.3, 0.4) is 0 Å². The van der Waals surface area contributed by atoms with Gasteiger partial charge in [0.25, 0.3) is 11.4 Å². The average Bonchev–Trinajstić information content (AvgIpc) is 3.57. The average molecular weight is 620 g/mol. The van der Waals surface area contributed by atoms with Crippen LogP contribution in [0.2, 0.25) is 0 Å². The Morgan fingerprint density at radius 3 is 1.66 bits per heavy atom. The number of benzene rings is 3.